The summed E-state index contributed by atoms with van der Waals surface area (Å²) >= 11 is 1.34. The van der Waals surface area contributed by atoms with Crippen LogP contribution in [-0.4, -0.2) is 66.2 Å². The summed E-state index contributed by atoms with van der Waals surface area (Å²) in [4.78, 5) is 42.8. The number of carbonyl (C=O) groups excluding carboxylic acids is 1. The minimum Gasteiger partial charge on any atom is -0.495 e. The Morgan fingerprint density at radius 2 is 1.64 bits per heavy atom. The van der Waals surface area contributed by atoms with Crippen molar-refractivity contribution in [3.05, 3.63) is 66.9 Å². The Kier molecular flexibility index (Phi) is 9.06. The van der Waals surface area contributed by atoms with Crippen molar-refractivity contribution < 1.29 is 29.7 Å². The van der Waals surface area contributed by atoms with Gasteiger partial charge in [0.1, 0.15) is 0 Å². The normalized spacial score (nSPS) is 24.0. The molecule has 11 heteroatoms. The summed E-state index contributed by atoms with van der Waals surface area (Å²) in [7, 11) is 0. The zero-order valence-corrected chi connectivity index (χ0v) is 26.8. The molecule has 1 unspecified atom stereocenters. The Hall–Kier alpha value is -3.86. The number of carboxylic acids is 2. The molecular weight excluding hydrogens is 580 g/mol. The van der Waals surface area contributed by atoms with E-state index in [1.807, 2.05) is 39.8 Å². The predicted octanol–water partition coefficient (Wildman–Crippen LogP) is 1.95. The number of aromatic amines is 2. The first-order valence-electron chi connectivity index (χ1n) is 15.3. The van der Waals surface area contributed by atoms with Gasteiger partial charge >= 0.3 is 11.9 Å². The van der Waals surface area contributed by atoms with Crippen molar-refractivity contribution >= 4 is 41.8 Å². The first-order chi connectivity index (χ1) is 20.9. The number of aliphatic hydroxyl groups is 1. The molecule has 5 heterocycles. The van der Waals surface area contributed by atoms with Crippen LogP contribution in [-0.2, 0) is 45.4 Å². The average Bonchev–Trinajstić information content (AvgIpc) is 3.53. The van der Waals surface area contributed by atoms with Crippen LogP contribution in [0.5, 0.6) is 0 Å². The molecule has 0 bridgehead atoms. The van der Waals surface area contributed by atoms with E-state index in [2.05, 4.69) is 27.5 Å². The fourth-order valence-corrected chi connectivity index (χ4v) is 7.63. The Bertz CT molecular complexity index is 1690. The third-order valence-corrected chi connectivity index (χ3v) is 10.5. The van der Waals surface area contributed by atoms with Crippen LogP contribution >= 0.6 is 0 Å². The van der Waals surface area contributed by atoms with E-state index in [0.717, 1.165) is 67.7 Å². The molecule has 2 aromatic heterocycles. The maximum absolute atomic E-state index is 12.5. The van der Waals surface area contributed by atoms with Gasteiger partial charge < -0.3 is 35.9 Å². The first-order valence-corrected chi connectivity index (χ1v) is 16.5. The standard InChI is InChI=1S/C33H42N4O6S/c1-6-19-15(2)24(36-33(19)43)11-22-16(3)20(7-9-29(38)39)25(34-22)13-26-21(8-10-30(40)41)17(4)23(35-26)12-27-31(28-14-44-28)18(5)32(42)37-27/h11,13,15,24,27-28,34-36,43H,6-10,12,14H2,1-5H3,(H,37,42)(H,38,39)(H,40,41)/p+1/b22-11+,25-13-/t15?,24-,27+,28-/m1/s1. The third-order valence-electron chi connectivity index (χ3n) is 9.44. The lowest BCUT2D eigenvalue weighted by atomic mass is 9.94. The number of H-pyrrole nitrogens is 2. The van der Waals surface area contributed by atoms with Crippen molar-refractivity contribution in [2.45, 2.75) is 90.5 Å². The number of aromatic nitrogens is 2. The monoisotopic (exact) mass is 623 g/mol. The van der Waals surface area contributed by atoms with Crippen LogP contribution in [0.4, 0.5) is 0 Å². The Morgan fingerprint density at radius 3 is 2.23 bits per heavy atom. The van der Waals surface area contributed by atoms with E-state index in [0.29, 0.717) is 24.5 Å². The Morgan fingerprint density at radius 1 is 0.977 bits per heavy atom. The maximum atomic E-state index is 12.5. The van der Waals surface area contributed by atoms with Crippen molar-refractivity contribution in [3.63, 3.8) is 0 Å². The maximum Gasteiger partial charge on any atom is 0.303 e. The smallest absolute Gasteiger partial charge is 0.303 e. The fourth-order valence-electron chi connectivity index (χ4n) is 6.76. The molecule has 10 nitrogen and oxygen atoms in total. The summed E-state index contributed by atoms with van der Waals surface area (Å²) < 4.78 is 0. The first kappa shape index (κ1) is 31.6. The number of aliphatic hydroxyl groups excluding tert-OH is 1. The third kappa shape index (κ3) is 6.33. The molecule has 0 aliphatic carbocycles. The summed E-state index contributed by atoms with van der Waals surface area (Å²) in [5.74, 6) is -0.409. The van der Waals surface area contributed by atoms with Crippen LogP contribution in [0.1, 0.15) is 73.7 Å². The highest BCUT2D eigenvalue weighted by Crippen LogP contribution is 2.33. The van der Waals surface area contributed by atoms with Gasteiger partial charge in [-0.1, -0.05) is 13.8 Å². The molecule has 4 atom stereocenters. The van der Waals surface area contributed by atoms with Crippen LogP contribution in [0.25, 0.3) is 12.2 Å². The lowest BCUT2D eigenvalue weighted by molar-refractivity contribution is -0.138. The summed E-state index contributed by atoms with van der Waals surface area (Å²) in [6, 6.07) is -0.217. The molecule has 3 aliphatic rings. The zero-order valence-electron chi connectivity index (χ0n) is 25.9. The van der Waals surface area contributed by atoms with E-state index >= 15 is 0 Å². The molecule has 44 heavy (non-hydrogen) atoms. The molecule has 0 spiro atoms. The van der Waals surface area contributed by atoms with Crippen LogP contribution < -0.4 is 21.3 Å². The number of carbonyl (C=O) groups is 3. The largest absolute Gasteiger partial charge is 0.495 e. The molecule has 0 aromatic carbocycles. The summed E-state index contributed by atoms with van der Waals surface area (Å²) in [6.07, 6.45) is 5.94. The minimum absolute atomic E-state index is 0.0245. The topological polar surface area (TPSA) is 168 Å². The van der Waals surface area contributed by atoms with Gasteiger partial charge in [0.25, 0.3) is 0 Å². The number of rotatable bonds is 12. The van der Waals surface area contributed by atoms with E-state index in [1.165, 1.54) is 17.3 Å². The Labute approximate surface area is 260 Å². The second kappa shape index (κ2) is 12.6. The molecule has 2 aromatic rings. The minimum atomic E-state index is -0.886. The van der Waals surface area contributed by atoms with E-state index in [4.69, 9.17) is 0 Å². The number of nitrogens with one attached hydrogen (secondary N) is 4. The SMILES string of the molecule is CCC1=C(O)N[C@H](/C=c2/[nH]/c(=C\c3[nH]c(C[C@@H]4NC(=O)C(C)=C4[C@H]4C[SH+]4)c(C)c3CCC(=O)O)c(CCC(=O)O)c2C)C1C. The van der Waals surface area contributed by atoms with Crippen molar-refractivity contribution in [3.8, 4) is 0 Å². The zero-order chi connectivity index (χ0) is 31.9. The van der Waals surface area contributed by atoms with Gasteiger partial charge in [0.05, 0.1) is 12.1 Å². The molecular formula is C33H43N4O6S+. The van der Waals surface area contributed by atoms with Gasteiger partial charge in [-0.15, -0.1) is 0 Å². The lowest BCUT2D eigenvalue weighted by Crippen LogP contribution is -2.32. The molecule has 236 valence electrons. The van der Waals surface area contributed by atoms with Crippen LogP contribution in [0.3, 0.4) is 0 Å². The molecule has 5 rings (SSSR count). The molecule has 3 aliphatic heterocycles. The number of hydrogen-bond acceptors (Lipinski definition) is 5. The van der Waals surface area contributed by atoms with Crippen LogP contribution in [0.2, 0.25) is 0 Å². The molecule has 0 radical (unpaired) electrons. The van der Waals surface area contributed by atoms with Crippen molar-refractivity contribution in [1.29, 1.82) is 0 Å². The second-order valence-corrected chi connectivity index (χ2v) is 13.5. The van der Waals surface area contributed by atoms with E-state index in [-0.39, 0.29) is 42.6 Å². The molecule has 1 saturated heterocycles. The molecule has 0 saturated carbocycles. The van der Waals surface area contributed by atoms with Crippen molar-refractivity contribution in [1.82, 2.24) is 20.6 Å². The second-order valence-electron chi connectivity index (χ2n) is 12.2. The summed E-state index contributed by atoms with van der Waals surface area (Å²) in [6.45, 7) is 9.94. The Balaban J connectivity index is 1.57. The molecule has 1 amide bonds. The van der Waals surface area contributed by atoms with Crippen molar-refractivity contribution in [2.24, 2.45) is 5.92 Å². The van der Waals surface area contributed by atoms with E-state index in [9.17, 15) is 29.7 Å². The van der Waals surface area contributed by atoms with Gasteiger partial charge in [-0.2, -0.15) is 0 Å². The number of hydrogen-bond donors (Lipinski definition) is 7. The van der Waals surface area contributed by atoms with Gasteiger partial charge in [0.15, 0.2) is 16.9 Å². The fraction of sp³-hybridized carbons (Fsp3) is 0.485. The summed E-state index contributed by atoms with van der Waals surface area (Å²) in [5, 5.41) is 37.7. The highest BCUT2D eigenvalue weighted by Gasteiger charge is 2.47. The van der Waals surface area contributed by atoms with Gasteiger partial charge in [-0.25, -0.2) is 0 Å². The van der Waals surface area contributed by atoms with E-state index < -0.39 is 11.9 Å². The van der Waals surface area contributed by atoms with Gasteiger partial charge in [-0.05, 0) is 91.8 Å². The van der Waals surface area contributed by atoms with Crippen LogP contribution in [0, 0.1) is 19.8 Å². The van der Waals surface area contributed by atoms with Crippen LogP contribution in [0.15, 0.2) is 22.6 Å². The molecule has 1 fully saturated rings. The van der Waals surface area contributed by atoms with Gasteiger partial charge in [0, 0.05) is 58.4 Å². The van der Waals surface area contributed by atoms with Gasteiger partial charge in [-0.3, -0.25) is 14.4 Å². The number of amides is 1. The molecule has 7 N–H and O–H groups in total. The quantitative estimate of drug-likeness (QED) is 0.108. The lowest BCUT2D eigenvalue weighted by Gasteiger charge is -2.13. The highest BCUT2D eigenvalue weighted by atomic mass is 32.2. The van der Waals surface area contributed by atoms with Gasteiger partial charge in [0.2, 0.25) is 5.91 Å². The average molecular weight is 624 g/mol. The summed E-state index contributed by atoms with van der Waals surface area (Å²) in [5.41, 5.74) is 8.38. The predicted molar refractivity (Wildman–Crippen MR) is 172 cm³/mol. The number of carboxylic acid groups (broad SMARTS) is 2. The highest BCUT2D eigenvalue weighted by molar-refractivity contribution is 7.87. The van der Waals surface area contributed by atoms with Crippen molar-refractivity contribution in [2.75, 3.05) is 5.75 Å². The van der Waals surface area contributed by atoms with E-state index in [1.54, 1.807) is 0 Å². The number of aliphatic carboxylic acids is 2. The number of thiol groups is 1.